The van der Waals surface area contributed by atoms with Crippen molar-refractivity contribution in [3.8, 4) is 0 Å². The van der Waals surface area contributed by atoms with E-state index in [1.165, 1.54) is 0 Å². The van der Waals surface area contributed by atoms with Gasteiger partial charge in [-0.3, -0.25) is 0 Å². The molecule has 0 amide bonds. The van der Waals surface area contributed by atoms with E-state index in [1.54, 1.807) is 6.08 Å². The summed E-state index contributed by atoms with van der Waals surface area (Å²) in [6, 6.07) is 0. The topological polar surface area (TPSA) is 60.7 Å². The number of aliphatic hydroxyl groups is 3. The Labute approximate surface area is 252 Å². The fraction of sp³-hybridized carbons (Fsp3) is 0.750. The first-order chi connectivity index (χ1) is 21.7. The van der Waals surface area contributed by atoms with Gasteiger partial charge in [0.15, 0.2) is 0 Å². The summed E-state index contributed by atoms with van der Waals surface area (Å²) in [5.41, 5.74) is -6.78. The largest absolute Gasteiger partial charge is 0.429 e. The molecule has 42 heavy (non-hydrogen) atoms. The van der Waals surface area contributed by atoms with Crippen molar-refractivity contribution in [3.63, 3.8) is 0 Å². The minimum absolute atomic E-state index is 0.0129. The fourth-order valence-corrected chi connectivity index (χ4v) is 7.35. The van der Waals surface area contributed by atoms with Crippen LogP contribution in [0.2, 0.25) is 0 Å². The minimum atomic E-state index is -6.06. The molecule has 0 unspecified atom stereocenters. The third-order valence-corrected chi connectivity index (χ3v) is 9.61. The Hall–Kier alpha value is -1.65. The molecule has 10 heteroatoms. The molecule has 3 saturated carbocycles. The van der Waals surface area contributed by atoms with Gasteiger partial charge in [-0.15, -0.1) is 0 Å². The summed E-state index contributed by atoms with van der Waals surface area (Å²) in [5.74, 6) is -1.01. The van der Waals surface area contributed by atoms with Crippen LogP contribution in [0, 0.1) is 23.2 Å². The molecule has 3 aliphatic carbocycles. The van der Waals surface area contributed by atoms with Crippen LogP contribution in [0.5, 0.6) is 0 Å². The Balaban J connectivity index is 1.95. The molecule has 3 aliphatic rings. The number of rotatable bonds is 9. The zero-order valence-electron chi connectivity index (χ0n) is 29.7. The number of allylic oxidation sites excluding steroid dienone is 5. The van der Waals surface area contributed by atoms with Crippen LogP contribution >= 0.6 is 0 Å². The highest BCUT2D eigenvalue weighted by atomic mass is 19.4. The van der Waals surface area contributed by atoms with E-state index in [9.17, 15) is 46.1 Å². The third-order valence-electron chi connectivity index (χ3n) is 9.61. The van der Waals surface area contributed by atoms with Crippen molar-refractivity contribution in [2.75, 3.05) is 0 Å². The molecule has 0 radical (unpaired) electrons. The maximum atomic E-state index is 14.3. The molecular formula is C32H45F7O3. The second-order valence-electron chi connectivity index (χ2n) is 12.5. The number of halogens is 7. The van der Waals surface area contributed by atoms with Crippen molar-refractivity contribution >= 4 is 0 Å². The summed E-state index contributed by atoms with van der Waals surface area (Å²) in [6.07, 6.45) is -8.31. The van der Waals surface area contributed by atoms with Gasteiger partial charge in [-0.05, 0) is 112 Å². The lowest BCUT2D eigenvalue weighted by atomic mass is 9.60. The highest BCUT2D eigenvalue weighted by molar-refractivity contribution is 5.38. The molecule has 0 aromatic rings. The van der Waals surface area contributed by atoms with Crippen molar-refractivity contribution in [1.82, 2.24) is 0 Å². The van der Waals surface area contributed by atoms with E-state index < -0.39 is 67.3 Å². The van der Waals surface area contributed by atoms with Gasteiger partial charge >= 0.3 is 12.4 Å². The molecule has 240 valence electrons. The highest BCUT2D eigenvalue weighted by Gasteiger charge is 2.69. The van der Waals surface area contributed by atoms with Crippen molar-refractivity contribution in [2.45, 2.75) is 127 Å². The van der Waals surface area contributed by atoms with Gasteiger partial charge < -0.3 is 15.3 Å². The van der Waals surface area contributed by atoms with Crippen LogP contribution in [-0.4, -0.2) is 51.1 Å². The van der Waals surface area contributed by atoms with Gasteiger partial charge in [-0.1, -0.05) is 43.7 Å². The van der Waals surface area contributed by atoms with E-state index in [1.807, 2.05) is 13.0 Å². The van der Waals surface area contributed by atoms with Crippen molar-refractivity contribution in [2.24, 2.45) is 23.2 Å². The Kier molecular flexibility index (Phi) is 8.12. The Morgan fingerprint density at radius 1 is 1.10 bits per heavy atom. The quantitative estimate of drug-likeness (QED) is 0.180. The Morgan fingerprint density at radius 2 is 1.76 bits per heavy atom. The van der Waals surface area contributed by atoms with Crippen LogP contribution in [0.1, 0.15) is 99.5 Å². The molecule has 3 fully saturated rings. The summed E-state index contributed by atoms with van der Waals surface area (Å²) in [6.45, 7) is -0.809. The van der Waals surface area contributed by atoms with Crippen LogP contribution in [0.4, 0.5) is 30.7 Å². The van der Waals surface area contributed by atoms with E-state index in [-0.39, 0.29) is 50.0 Å². The molecule has 0 heterocycles. The van der Waals surface area contributed by atoms with Gasteiger partial charge in [0.25, 0.3) is 5.60 Å². The Morgan fingerprint density at radius 3 is 2.38 bits per heavy atom. The second kappa shape index (κ2) is 12.8. The summed E-state index contributed by atoms with van der Waals surface area (Å²) in [7, 11) is 0. The summed E-state index contributed by atoms with van der Waals surface area (Å²) in [4.78, 5) is 0. The maximum Gasteiger partial charge on any atom is 0.429 e. The van der Waals surface area contributed by atoms with E-state index in [4.69, 9.17) is 8.22 Å². The van der Waals surface area contributed by atoms with Gasteiger partial charge in [0, 0.05) is 14.6 Å². The molecule has 0 bridgehead atoms. The molecular weight excluding hydrogens is 565 g/mol. The second-order valence-corrected chi connectivity index (χ2v) is 12.5. The van der Waals surface area contributed by atoms with Crippen molar-refractivity contribution in [3.05, 3.63) is 47.6 Å². The minimum Gasteiger partial charge on any atom is -0.393 e. The molecule has 6 atom stereocenters. The average Bonchev–Trinajstić information content (AvgIpc) is 3.28. The van der Waals surface area contributed by atoms with Gasteiger partial charge in [0.05, 0.1) is 11.7 Å². The molecule has 3 N–H and O–H groups in total. The Bertz CT molecular complexity index is 1230. The van der Waals surface area contributed by atoms with Crippen molar-refractivity contribution < 1.29 is 54.3 Å². The lowest BCUT2D eigenvalue weighted by molar-refractivity contribution is -0.347. The summed E-state index contributed by atoms with van der Waals surface area (Å²) in [5, 5.41) is 30.4. The maximum absolute atomic E-state index is 14.3. The lowest BCUT2D eigenvalue weighted by Gasteiger charge is -2.45. The van der Waals surface area contributed by atoms with Crippen LogP contribution in [0.25, 0.3) is 0 Å². The van der Waals surface area contributed by atoms with E-state index in [0.717, 1.165) is 5.57 Å². The van der Waals surface area contributed by atoms with Gasteiger partial charge in [0.2, 0.25) is 0 Å². The fourth-order valence-electron chi connectivity index (χ4n) is 7.35. The highest BCUT2D eigenvalue weighted by Crippen LogP contribution is 2.60. The zero-order chi connectivity index (χ0) is 36.7. The first-order valence-corrected chi connectivity index (χ1v) is 14.4. The number of hydrogen-bond acceptors (Lipinski definition) is 3. The molecule has 3 rings (SSSR count). The van der Waals surface area contributed by atoms with Crippen LogP contribution in [-0.2, 0) is 0 Å². The molecule has 0 aliphatic heterocycles. The van der Waals surface area contributed by atoms with Gasteiger partial charge in [-0.25, -0.2) is 4.39 Å². The van der Waals surface area contributed by atoms with Gasteiger partial charge in [0.1, 0.15) is 6.17 Å². The first kappa shape index (κ1) is 26.7. The molecule has 0 spiro atoms. The van der Waals surface area contributed by atoms with Crippen LogP contribution < -0.4 is 0 Å². The van der Waals surface area contributed by atoms with E-state index in [0.29, 0.717) is 49.3 Å². The smallest absolute Gasteiger partial charge is 0.393 e. The summed E-state index contributed by atoms with van der Waals surface area (Å²) >= 11 is 0. The standard InChI is InChI=1S/C32H45F7O3/c1-20-23(18-24(40)19-27(20)33)12-11-22-9-6-16-29(4)25(13-14-26(22)29)21(8-5-15-28(2,3)41)10-7-17-30(42,31(34,35)36)32(37,38)39/h7,11-12,17,21,24-27,40-42H,1,5-6,8-10,13-16,18-19H2,2-4H3/b17-7-,22-11+,23-12-/t21-,24-,25-,26+,27+,29-/m1/s1/i2D3,3D3. The molecule has 3 nitrogen and oxygen atoms in total. The number of aliphatic hydroxyl groups excluding tert-OH is 1. The predicted octanol–water partition coefficient (Wildman–Crippen LogP) is 8.46. The molecule has 0 aromatic heterocycles. The normalized spacial score (nSPS) is 35.4. The monoisotopic (exact) mass is 616 g/mol. The molecule has 0 aromatic carbocycles. The number of fused-ring (bicyclic) bond motifs is 1. The third kappa shape index (κ3) is 7.70. The average molecular weight is 617 g/mol. The van der Waals surface area contributed by atoms with E-state index >= 15 is 0 Å². The van der Waals surface area contributed by atoms with Crippen molar-refractivity contribution in [1.29, 1.82) is 0 Å². The SMILES string of the molecule is [2H]C([2H])([2H])C(O)(CCC[C@H](C/C=C\C(O)(C(F)(F)F)C(F)(F)F)[C@H]1CC[C@H]2/C(=C/C=C3/C[C@@H](O)C[C@H](F)C3=C)CCC[C@]12C)C([2H])([2H])[2H]. The predicted molar refractivity (Wildman–Crippen MR) is 148 cm³/mol. The number of hydrogen-bond donors (Lipinski definition) is 3. The first-order valence-electron chi connectivity index (χ1n) is 17.4. The molecule has 0 saturated heterocycles. The number of alkyl halides is 7. The zero-order valence-corrected chi connectivity index (χ0v) is 23.7. The van der Waals surface area contributed by atoms with Crippen LogP contribution in [0.3, 0.4) is 0 Å². The summed E-state index contributed by atoms with van der Waals surface area (Å²) < 4.78 is 140. The van der Waals surface area contributed by atoms with E-state index in [2.05, 4.69) is 6.58 Å². The lowest BCUT2D eigenvalue weighted by Crippen LogP contribution is -2.55. The van der Waals surface area contributed by atoms with Gasteiger partial charge in [-0.2, -0.15) is 26.3 Å². The van der Waals surface area contributed by atoms with Crippen LogP contribution in [0.15, 0.2) is 47.6 Å².